The number of hydrogen-bond donors (Lipinski definition) is 1. The number of hydrogen-bond acceptors (Lipinski definition) is 4. The van der Waals surface area contributed by atoms with Crippen molar-refractivity contribution < 1.29 is 4.74 Å². The molecular formula is C10H19N3O. The van der Waals surface area contributed by atoms with E-state index in [-0.39, 0.29) is 5.54 Å². The number of aliphatic imine (C=N–C) groups is 1. The van der Waals surface area contributed by atoms with E-state index in [2.05, 4.69) is 16.8 Å². The van der Waals surface area contributed by atoms with E-state index >= 15 is 0 Å². The van der Waals surface area contributed by atoms with Crippen LogP contribution in [0, 0.1) is 0 Å². The van der Waals surface area contributed by atoms with Crippen molar-refractivity contribution in [3.05, 3.63) is 0 Å². The van der Waals surface area contributed by atoms with Gasteiger partial charge in [-0.15, -0.1) is 0 Å². The molecule has 2 rings (SSSR count). The maximum Gasteiger partial charge on any atom is 0.192 e. The highest BCUT2D eigenvalue weighted by Gasteiger charge is 2.45. The summed E-state index contributed by atoms with van der Waals surface area (Å²) in [4.78, 5) is 6.58. The van der Waals surface area contributed by atoms with Gasteiger partial charge >= 0.3 is 0 Å². The van der Waals surface area contributed by atoms with Gasteiger partial charge in [-0.2, -0.15) is 0 Å². The number of ether oxygens (including phenoxy) is 1. The molecule has 80 valence electrons. The minimum atomic E-state index is 0.00125. The van der Waals surface area contributed by atoms with Crippen molar-refractivity contribution in [2.24, 2.45) is 10.7 Å². The Bertz CT molecular complexity index is 250. The lowest BCUT2D eigenvalue weighted by Crippen LogP contribution is -2.53. The highest BCUT2D eigenvalue weighted by Crippen LogP contribution is 2.35. The van der Waals surface area contributed by atoms with Gasteiger partial charge in [0.2, 0.25) is 0 Å². The first-order chi connectivity index (χ1) is 6.67. The Kier molecular flexibility index (Phi) is 2.39. The molecule has 0 aromatic carbocycles. The zero-order valence-corrected chi connectivity index (χ0v) is 8.99. The lowest BCUT2D eigenvalue weighted by atomic mass is 10.0. The SMILES string of the molecule is CCOCC1(C)CN=C(N)N1C1CC1. The molecule has 0 spiro atoms. The van der Waals surface area contributed by atoms with Gasteiger partial charge in [-0.1, -0.05) is 0 Å². The topological polar surface area (TPSA) is 50.9 Å². The molecule has 4 heteroatoms. The molecule has 0 aromatic heterocycles. The Balaban J connectivity index is 2.03. The maximum absolute atomic E-state index is 5.89. The van der Waals surface area contributed by atoms with Crippen molar-refractivity contribution in [3.8, 4) is 0 Å². The number of nitrogens with two attached hydrogens (primary N) is 1. The van der Waals surface area contributed by atoms with Gasteiger partial charge in [0.25, 0.3) is 0 Å². The van der Waals surface area contributed by atoms with Crippen molar-refractivity contribution in [1.29, 1.82) is 0 Å². The summed E-state index contributed by atoms with van der Waals surface area (Å²) >= 11 is 0. The zero-order valence-electron chi connectivity index (χ0n) is 8.99. The lowest BCUT2D eigenvalue weighted by Gasteiger charge is -2.36. The second kappa shape index (κ2) is 3.42. The highest BCUT2D eigenvalue weighted by molar-refractivity contribution is 5.81. The molecule has 4 nitrogen and oxygen atoms in total. The van der Waals surface area contributed by atoms with E-state index in [1.54, 1.807) is 0 Å². The Morgan fingerprint density at radius 2 is 2.36 bits per heavy atom. The molecule has 1 saturated carbocycles. The van der Waals surface area contributed by atoms with E-state index in [4.69, 9.17) is 10.5 Å². The summed E-state index contributed by atoms with van der Waals surface area (Å²) in [6.45, 7) is 6.46. The Morgan fingerprint density at radius 3 is 2.93 bits per heavy atom. The summed E-state index contributed by atoms with van der Waals surface area (Å²) in [5, 5.41) is 0. The third kappa shape index (κ3) is 1.59. The Morgan fingerprint density at radius 1 is 1.64 bits per heavy atom. The van der Waals surface area contributed by atoms with Gasteiger partial charge in [-0.3, -0.25) is 4.99 Å². The molecule has 14 heavy (non-hydrogen) atoms. The fourth-order valence-electron chi connectivity index (χ4n) is 2.08. The molecule has 1 unspecified atom stereocenters. The molecule has 1 aliphatic heterocycles. The summed E-state index contributed by atoms with van der Waals surface area (Å²) in [7, 11) is 0. The summed E-state index contributed by atoms with van der Waals surface area (Å²) in [5.41, 5.74) is 5.89. The average molecular weight is 197 g/mol. The third-order valence-corrected chi connectivity index (χ3v) is 2.94. The Labute approximate surface area is 85.1 Å². The van der Waals surface area contributed by atoms with Crippen LogP contribution >= 0.6 is 0 Å². The van der Waals surface area contributed by atoms with Crippen molar-refractivity contribution in [1.82, 2.24) is 4.90 Å². The van der Waals surface area contributed by atoms with Gasteiger partial charge in [0.1, 0.15) is 0 Å². The Hall–Kier alpha value is -0.770. The summed E-state index contributed by atoms with van der Waals surface area (Å²) in [6, 6.07) is 0.617. The first-order valence-electron chi connectivity index (χ1n) is 5.34. The normalized spacial score (nSPS) is 32.1. The first-order valence-corrected chi connectivity index (χ1v) is 5.34. The van der Waals surface area contributed by atoms with Crippen LogP contribution in [0.4, 0.5) is 0 Å². The van der Waals surface area contributed by atoms with E-state index in [0.717, 1.165) is 19.8 Å². The standard InChI is InChI=1S/C10H19N3O/c1-3-14-7-10(2)6-12-9(11)13(10)8-4-5-8/h8H,3-7H2,1-2H3,(H2,11,12). The van der Waals surface area contributed by atoms with E-state index in [9.17, 15) is 0 Å². The van der Waals surface area contributed by atoms with Crippen LogP contribution in [0.2, 0.25) is 0 Å². The van der Waals surface area contributed by atoms with Crippen molar-refractivity contribution >= 4 is 5.96 Å². The van der Waals surface area contributed by atoms with Crippen LogP contribution in [-0.2, 0) is 4.74 Å². The highest BCUT2D eigenvalue weighted by atomic mass is 16.5. The number of nitrogens with zero attached hydrogens (tertiary/aromatic N) is 2. The molecule has 0 radical (unpaired) electrons. The van der Waals surface area contributed by atoms with Crippen LogP contribution in [0.15, 0.2) is 4.99 Å². The van der Waals surface area contributed by atoms with Crippen LogP contribution < -0.4 is 5.73 Å². The van der Waals surface area contributed by atoms with Gasteiger partial charge in [0.15, 0.2) is 5.96 Å². The number of guanidine groups is 1. The molecule has 2 N–H and O–H groups in total. The minimum absolute atomic E-state index is 0.00125. The lowest BCUT2D eigenvalue weighted by molar-refractivity contribution is 0.0499. The molecular weight excluding hydrogens is 178 g/mol. The molecule has 0 saturated heterocycles. The zero-order chi connectivity index (χ0) is 10.2. The van der Waals surface area contributed by atoms with Crippen LogP contribution in [0.5, 0.6) is 0 Å². The van der Waals surface area contributed by atoms with E-state index in [1.807, 2.05) is 6.92 Å². The molecule has 1 atom stereocenters. The molecule has 1 fully saturated rings. The van der Waals surface area contributed by atoms with Gasteiger partial charge in [-0.25, -0.2) is 0 Å². The maximum atomic E-state index is 5.89. The van der Waals surface area contributed by atoms with Crippen LogP contribution in [0.25, 0.3) is 0 Å². The van der Waals surface area contributed by atoms with E-state index < -0.39 is 0 Å². The fourth-order valence-corrected chi connectivity index (χ4v) is 2.08. The first kappa shape index (κ1) is 9.77. The van der Waals surface area contributed by atoms with E-state index in [0.29, 0.717) is 12.0 Å². The minimum Gasteiger partial charge on any atom is -0.379 e. The molecule has 1 aliphatic carbocycles. The van der Waals surface area contributed by atoms with Crippen LogP contribution in [-0.4, -0.2) is 42.2 Å². The van der Waals surface area contributed by atoms with E-state index in [1.165, 1.54) is 12.8 Å². The summed E-state index contributed by atoms with van der Waals surface area (Å²) in [6.07, 6.45) is 2.50. The van der Waals surface area contributed by atoms with Crippen LogP contribution in [0.1, 0.15) is 26.7 Å². The quantitative estimate of drug-likeness (QED) is 0.717. The third-order valence-electron chi connectivity index (χ3n) is 2.94. The molecule has 0 bridgehead atoms. The molecule has 0 aromatic rings. The van der Waals surface area contributed by atoms with Gasteiger partial charge < -0.3 is 15.4 Å². The summed E-state index contributed by atoms with van der Waals surface area (Å²) < 4.78 is 5.51. The average Bonchev–Trinajstić information content (AvgIpc) is 2.93. The molecule has 1 heterocycles. The van der Waals surface area contributed by atoms with Crippen molar-refractivity contribution in [2.75, 3.05) is 19.8 Å². The van der Waals surface area contributed by atoms with Crippen molar-refractivity contribution in [3.63, 3.8) is 0 Å². The monoisotopic (exact) mass is 197 g/mol. The largest absolute Gasteiger partial charge is 0.379 e. The fraction of sp³-hybridized carbons (Fsp3) is 0.900. The smallest absolute Gasteiger partial charge is 0.192 e. The summed E-state index contributed by atoms with van der Waals surface area (Å²) in [5.74, 6) is 0.703. The predicted molar refractivity (Wildman–Crippen MR) is 56.2 cm³/mol. The van der Waals surface area contributed by atoms with Crippen LogP contribution in [0.3, 0.4) is 0 Å². The van der Waals surface area contributed by atoms with Crippen molar-refractivity contribution in [2.45, 2.75) is 38.3 Å². The second-order valence-corrected chi connectivity index (χ2v) is 4.41. The molecule has 2 aliphatic rings. The number of rotatable bonds is 4. The van der Waals surface area contributed by atoms with Gasteiger partial charge in [0, 0.05) is 12.6 Å². The second-order valence-electron chi connectivity index (χ2n) is 4.41. The van der Waals surface area contributed by atoms with Gasteiger partial charge in [-0.05, 0) is 26.7 Å². The predicted octanol–water partition coefficient (Wildman–Crippen LogP) is 0.574. The molecule has 0 amide bonds. The van der Waals surface area contributed by atoms with Gasteiger partial charge in [0.05, 0.1) is 18.7 Å².